The molecule has 0 saturated heterocycles. The zero-order valence-corrected chi connectivity index (χ0v) is 18.6. The lowest BCUT2D eigenvalue weighted by Crippen LogP contribution is -2.09. The van der Waals surface area contributed by atoms with Crippen LogP contribution in [0, 0.1) is 0 Å². The zero-order chi connectivity index (χ0) is 20.8. The summed E-state index contributed by atoms with van der Waals surface area (Å²) in [7, 11) is 1.23. The molecule has 0 aliphatic heterocycles. The number of esters is 1. The summed E-state index contributed by atoms with van der Waals surface area (Å²) in [5.41, 5.74) is 1.28. The van der Waals surface area contributed by atoms with E-state index in [1.165, 1.54) is 7.11 Å². The minimum Gasteiger partial charge on any atom is -0.508 e. The predicted octanol–water partition coefficient (Wildman–Crippen LogP) is 5.50. The molecule has 8 heteroatoms. The minimum absolute atomic E-state index is 0.145. The summed E-state index contributed by atoms with van der Waals surface area (Å²) in [5, 5.41) is 12.6. The summed E-state index contributed by atoms with van der Waals surface area (Å²) in [6.07, 6.45) is 2.12. The number of hydrogen-bond donors (Lipinski definition) is 2. The number of amides is 1. The molecule has 2 aromatic carbocycles. The maximum absolute atomic E-state index is 11.9. The van der Waals surface area contributed by atoms with E-state index in [1.54, 1.807) is 30.3 Å². The van der Waals surface area contributed by atoms with Crippen LogP contribution in [0.1, 0.15) is 25.3 Å². The van der Waals surface area contributed by atoms with Crippen molar-refractivity contribution in [2.24, 2.45) is 0 Å². The number of rotatable bonds is 6. The summed E-state index contributed by atoms with van der Waals surface area (Å²) < 4.78 is 11.6. The van der Waals surface area contributed by atoms with Crippen LogP contribution in [0.5, 0.6) is 17.2 Å². The molecule has 148 valence electrons. The number of methoxy groups -OCH3 is 1. The van der Waals surface area contributed by atoms with Gasteiger partial charge in [-0.3, -0.25) is 4.79 Å². The Morgan fingerprint density at radius 1 is 1.11 bits per heavy atom. The Hall–Kier alpha value is -2.32. The predicted molar refractivity (Wildman–Crippen MR) is 114 cm³/mol. The monoisotopic (exact) mass is 511 g/mol. The molecule has 2 rings (SSSR count). The Balaban J connectivity index is 2.20. The van der Waals surface area contributed by atoms with Gasteiger partial charge < -0.3 is 19.9 Å². The van der Waals surface area contributed by atoms with Crippen molar-refractivity contribution < 1.29 is 24.2 Å². The highest BCUT2D eigenvalue weighted by molar-refractivity contribution is 9.11. The molecular weight excluding hydrogens is 494 g/mol. The van der Waals surface area contributed by atoms with Crippen molar-refractivity contribution in [3.63, 3.8) is 0 Å². The maximum atomic E-state index is 11.9. The van der Waals surface area contributed by atoms with Gasteiger partial charge in [-0.05, 0) is 68.1 Å². The maximum Gasteiger partial charge on any atom is 0.330 e. The number of carbonyl (C=O) groups excluding carboxylic acids is 2. The molecule has 2 aromatic rings. The molecule has 6 nitrogen and oxygen atoms in total. The van der Waals surface area contributed by atoms with E-state index in [0.29, 0.717) is 26.1 Å². The Bertz CT molecular complexity index is 902. The SMILES string of the molecule is COC(=O)C=CC(=O)Nc1cc(Br)c(Oc2ccc(O)c(C(C)C)c2)c(Br)c1. The molecule has 0 atom stereocenters. The average Bonchev–Trinajstić information content (AvgIpc) is 2.63. The second kappa shape index (κ2) is 9.75. The number of benzene rings is 2. The van der Waals surface area contributed by atoms with Crippen LogP contribution < -0.4 is 10.1 Å². The molecule has 0 saturated carbocycles. The number of aromatic hydroxyl groups is 1. The summed E-state index contributed by atoms with van der Waals surface area (Å²) in [6.45, 7) is 3.97. The molecular formula is C20H19Br2NO5. The van der Waals surface area contributed by atoms with Crippen LogP contribution in [0.4, 0.5) is 5.69 Å². The molecule has 0 heterocycles. The quantitative estimate of drug-likeness (QED) is 0.394. The number of anilines is 1. The number of ether oxygens (including phenoxy) is 2. The molecule has 28 heavy (non-hydrogen) atoms. The van der Waals surface area contributed by atoms with E-state index in [2.05, 4.69) is 41.9 Å². The van der Waals surface area contributed by atoms with Gasteiger partial charge in [0, 0.05) is 23.4 Å². The molecule has 0 aliphatic carbocycles. The number of carbonyl (C=O) groups is 2. The van der Waals surface area contributed by atoms with Crippen molar-refractivity contribution in [1.29, 1.82) is 0 Å². The average molecular weight is 513 g/mol. The van der Waals surface area contributed by atoms with E-state index in [-0.39, 0.29) is 11.7 Å². The van der Waals surface area contributed by atoms with E-state index in [0.717, 1.165) is 17.7 Å². The van der Waals surface area contributed by atoms with Gasteiger partial charge in [0.1, 0.15) is 11.5 Å². The van der Waals surface area contributed by atoms with E-state index in [1.807, 2.05) is 13.8 Å². The second-order valence-corrected chi connectivity index (χ2v) is 7.80. The van der Waals surface area contributed by atoms with Crippen LogP contribution in [0.2, 0.25) is 0 Å². The van der Waals surface area contributed by atoms with Crippen molar-refractivity contribution in [1.82, 2.24) is 0 Å². The molecule has 0 unspecified atom stereocenters. The number of nitrogens with one attached hydrogen (secondary N) is 1. The lowest BCUT2D eigenvalue weighted by atomic mass is 10.0. The molecule has 0 fully saturated rings. The first-order valence-electron chi connectivity index (χ1n) is 8.28. The fourth-order valence-electron chi connectivity index (χ4n) is 2.30. The Kier molecular flexibility index (Phi) is 7.65. The summed E-state index contributed by atoms with van der Waals surface area (Å²) in [4.78, 5) is 22.9. The van der Waals surface area contributed by atoms with Gasteiger partial charge in [-0.2, -0.15) is 0 Å². The number of halogens is 2. The van der Waals surface area contributed by atoms with Crippen LogP contribution >= 0.6 is 31.9 Å². The summed E-state index contributed by atoms with van der Waals surface area (Å²) >= 11 is 6.87. The van der Waals surface area contributed by atoms with Crippen molar-refractivity contribution >= 4 is 49.4 Å². The lowest BCUT2D eigenvalue weighted by molar-refractivity contribution is -0.135. The normalized spacial score (nSPS) is 10.9. The van der Waals surface area contributed by atoms with Crippen LogP contribution in [0.3, 0.4) is 0 Å². The van der Waals surface area contributed by atoms with Crippen molar-refractivity contribution in [2.75, 3.05) is 12.4 Å². The Morgan fingerprint density at radius 2 is 1.75 bits per heavy atom. The smallest absolute Gasteiger partial charge is 0.330 e. The van der Waals surface area contributed by atoms with Gasteiger partial charge in [-0.25, -0.2) is 4.79 Å². The first kappa shape index (κ1) is 22.0. The van der Waals surface area contributed by atoms with Crippen molar-refractivity contribution in [3.8, 4) is 17.2 Å². The molecule has 0 bridgehead atoms. The molecule has 2 N–H and O–H groups in total. The third-order valence-electron chi connectivity index (χ3n) is 3.68. The van der Waals surface area contributed by atoms with Crippen molar-refractivity contribution in [3.05, 3.63) is 57.0 Å². The van der Waals surface area contributed by atoms with Gasteiger partial charge >= 0.3 is 5.97 Å². The molecule has 0 radical (unpaired) electrons. The Morgan fingerprint density at radius 3 is 2.32 bits per heavy atom. The highest BCUT2D eigenvalue weighted by atomic mass is 79.9. The van der Waals surface area contributed by atoms with Crippen LogP contribution in [-0.4, -0.2) is 24.1 Å². The number of phenols is 1. The van der Waals surface area contributed by atoms with Gasteiger partial charge in [-0.1, -0.05) is 13.8 Å². The minimum atomic E-state index is -0.615. The summed E-state index contributed by atoms with van der Waals surface area (Å²) in [5.74, 6) is 0.364. The van der Waals surface area contributed by atoms with E-state index in [4.69, 9.17) is 4.74 Å². The fraction of sp³-hybridized carbons (Fsp3) is 0.200. The second-order valence-electron chi connectivity index (χ2n) is 6.09. The lowest BCUT2D eigenvalue weighted by Gasteiger charge is -2.14. The van der Waals surface area contributed by atoms with Crippen molar-refractivity contribution in [2.45, 2.75) is 19.8 Å². The molecule has 0 aromatic heterocycles. The highest BCUT2D eigenvalue weighted by Crippen LogP contribution is 2.40. The third-order valence-corrected chi connectivity index (χ3v) is 4.86. The Labute approximate surface area is 179 Å². The van der Waals surface area contributed by atoms with Crippen LogP contribution in [0.15, 0.2) is 51.4 Å². The summed E-state index contributed by atoms with van der Waals surface area (Å²) in [6, 6.07) is 8.40. The van der Waals surface area contributed by atoms with Crippen LogP contribution in [-0.2, 0) is 14.3 Å². The molecule has 0 spiro atoms. The topological polar surface area (TPSA) is 84.9 Å². The molecule has 0 aliphatic rings. The van der Waals surface area contributed by atoms with Gasteiger partial charge in [-0.15, -0.1) is 0 Å². The highest BCUT2D eigenvalue weighted by Gasteiger charge is 2.13. The molecule has 1 amide bonds. The largest absolute Gasteiger partial charge is 0.508 e. The third kappa shape index (κ3) is 5.84. The number of hydrogen-bond acceptors (Lipinski definition) is 5. The number of phenolic OH excluding ortho intramolecular Hbond substituents is 1. The zero-order valence-electron chi connectivity index (χ0n) is 15.5. The van der Waals surface area contributed by atoms with Gasteiger partial charge in [0.05, 0.1) is 16.1 Å². The standard InChI is InChI=1S/C20H19Br2NO5/c1-11(2)14-10-13(4-5-17(14)24)28-20-15(21)8-12(9-16(20)22)23-18(25)6-7-19(26)27-3/h4-11,24H,1-3H3,(H,23,25). The van der Waals surface area contributed by atoms with Crippen LogP contribution in [0.25, 0.3) is 0 Å². The first-order valence-corrected chi connectivity index (χ1v) is 9.86. The van der Waals surface area contributed by atoms with Gasteiger partial charge in [0.2, 0.25) is 5.91 Å². The van der Waals surface area contributed by atoms with Gasteiger partial charge in [0.25, 0.3) is 0 Å². The van der Waals surface area contributed by atoms with E-state index >= 15 is 0 Å². The first-order chi connectivity index (χ1) is 13.2. The van der Waals surface area contributed by atoms with Gasteiger partial charge in [0.15, 0.2) is 5.75 Å². The fourth-order valence-corrected chi connectivity index (χ4v) is 3.65. The van der Waals surface area contributed by atoms with E-state index < -0.39 is 11.9 Å². The van der Waals surface area contributed by atoms with E-state index in [9.17, 15) is 14.7 Å².